The SMILES string of the molecule is Cc1ccc(N2C[C@H](C(=O)Oc3ccc(C(C)(C)c4ccccc4)cc3)CC2=O)cc1Cl. The molecular weight excluding hydrogens is 422 g/mol. The third kappa shape index (κ3) is 4.42. The molecule has 4 rings (SSSR count). The second kappa shape index (κ2) is 8.79. The van der Waals surface area contributed by atoms with E-state index in [2.05, 4.69) is 26.0 Å². The van der Waals surface area contributed by atoms with Crippen LogP contribution in [0.3, 0.4) is 0 Å². The Balaban J connectivity index is 1.43. The van der Waals surface area contributed by atoms with Gasteiger partial charge in [0.05, 0.1) is 5.92 Å². The van der Waals surface area contributed by atoms with Gasteiger partial charge in [-0.15, -0.1) is 0 Å². The van der Waals surface area contributed by atoms with E-state index in [1.807, 2.05) is 61.5 Å². The van der Waals surface area contributed by atoms with E-state index in [4.69, 9.17) is 16.3 Å². The van der Waals surface area contributed by atoms with Crippen LogP contribution in [-0.2, 0) is 15.0 Å². The van der Waals surface area contributed by atoms with E-state index in [0.717, 1.165) is 11.1 Å². The maximum Gasteiger partial charge on any atom is 0.316 e. The molecule has 0 radical (unpaired) electrons. The Morgan fingerprint density at radius 2 is 1.66 bits per heavy atom. The van der Waals surface area contributed by atoms with Gasteiger partial charge in [-0.3, -0.25) is 9.59 Å². The van der Waals surface area contributed by atoms with Crippen LogP contribution >= 0.6 is 11.6 Å². The predicted octanol–water partition coefficient (Wildman–Crippen LogP) is 5.93. The van der Waals surface area contributed by atoms with Gasteiger partial charge in [-0.2, -0.15) is 0 Å². The number of halogens is 1. The van der Waals surface area contributed by atoms with Gasteiger partial charge in [0.2, 0.25) is 5.91 Å². The minimum Gasteiger partial charge on any atom is -0.426 e. The number of carbonyl (C=O) groups is 2. The van der Waals surface area contributed by atoms with Crippen molar-refractivity contribution in [2.24, 2.45) is 5.92 Å². The highest BCUT2D eigenvalue weighted by Crippen LogP contribution is 2.33. The van der Waals surface area contributed by atoms with E-state index in [0.29, 0.717) is 16.5 Å². The fourth-order valence-corrected chi connectivity index (χ4v) is 4.20. The summed E-state index contributed by atoms with van der Waals surface area (Å²) in [4.78, 5) is 26.8. The average molecular weight is 448 g/mol. The molecule has 1 fully saturated rings. The molecular formula is C27H26ClNO3. The summed E-state index contributed by atoms with van der Waals surface area (Å²) in [6.07, 6.45) is 0.128. The lowest BCUT2D eigenvalue weighted by Gasteiger charge is -2.26. The van der Waals surface area contributed by atoms with Crippen LogP contribution in [0.25, 0.3) is 0 Å². The molecule has 1 aliphatic rings. The molecule has 5 heteroatoms. The first-order valence-corrected chi connectivity index (χ1v) is 11.1. The highest BCUT2D eigenvalue weighted by atomic mass is 35.5. The van der Waals surface area contributed by atoms with Crippen molar-refractivity contribution in [1.82, 2.24) is 0 Å². The Bertz CT molecular complexity index is 1140. The van der Waals surface area contributed by atoms with Gasteiger partial charge in [-0.1, -0.05) is 74.0 Å². The first-order chi connectivity index (χ1) is 15.3. The van der Waals surface area contributed by atoms with Crippen LogP contribution in [0, 0.1) is 12.8 Å². The molecule has 1 amide bonds. The number of anilines is 1. The molecule has 0 unspecified atom stereocenters. The third-order valence-corrected chi connectivity index (χ3v) is 6.62. The molecule has 164 valence electrons. The van der Waals surface area contributed by atoms with Crippen molar-refractivity contribution in [1.29, 1.82) is 0 Å². The molecule has 1 heterocycles. The van der Waals surface area contributed by atoms with Crippen molar-refractivity contribution in [2.45, 2.75) is 32.6 Å². The lowest BCUT2D eigenvalue weighted by molar-refractivity contribution is -0.139. The van der Waals surface area contributed by atoms with Crippen LogP contribution in [0.2, 0.25) is 5.02 Å². The van der Waals surface area contributed by atoms with Gasteiger partial charge in [-0.05, 0) is 47.9 Å². The van der Waals surface area contributed by atoms with Crippen LogP contribution in [-0.4, -0.2) is 18.4 Å². The summed E-state index contributed by atoms with van der Waals surface area (Å²) in [5.74, 6) is -0.532. The minimum absolute atomic E-state index is 0.105. The number of benzene rings is 3. The van der Waals surface area contributed by atoms with Crippen LogP contribution < -0.4 is 9.64 Å². The predicted molar refractivity (Wildman–Crippen MR) is 127 cm³/mol. The highest BCUT2D eigenvalue weighted by molar-refractivity contribution is 6.31. The maximum absolute atomic E-state index is 12.7. The molecule has 4 nitrogen and oxygen atoms in total. The molecule has 0 aromatic heterocycles. The fourth-order valence-electron chi connectivity index (χ4n) is 4.03. The lowest BCUT2D eigenvalue weighted by atomic mass is 9.78. The zero-order chi connectivity index (χ0) is 22.9. The summed E-state index contributed by atoms with van der Waals surface area (Å²) in [6.45, 7) is 6.53. The maximum atomic E-state index is 12.7. The number of ether oxygens (including phenoxy) is 1. The summed E-state index contributed by atoms with van der Waals surface area (Å²) in [7, 11) is 0. The molecule has 0 N–H and O–H groups in total. The van der Waals surface area contributed by atoms with Gasteiger partial charge in [0.25, 0.3) is 0 Å². The number of esters is 1. The smallest absolute Gasteiger partial charge is 0.316 e. The number of hydrogen-bond acceptors (Lipinski definition) is 3. The molecule has 1 atom stereocenters. The standard InChI is InChI=1S/C27H26ClNO3/c1-18-9-12-22(16-24(18)28)29-17-19(15-25(29)30)26(31)32-23-13-10-21(11-14-23)27(2,3)20-7-5-4-6-8-20/h4-14,16,19H,15,17H2,1-3H3/t19-/m1/s1. The Hall–Kier alpha value is -3.11. The van der Waals surface area contributed by atoms with Gasteiger partial charge in [0.1, 0.15) is 5.75 Å². The summed E-state index contributed by atoms with van der Waals surface area (Å²) in [5, 5.41) is 0.597. The van der Waals surface area contributed by atoms with Crippen molar-refractivity contribution < 1.29 is 14.3 Å². The summed E-state index contributed by atoms with van der Waals surface area (Å²) in [6, 6.07) is 23.4. The second-order valence-electron chi connectivity index (χ2n) is 8.78. The molecule has 0 saturated carbocycles. The van der Waals surface area contributed by atoms with E-state index in [1.165, 1.54) is 5.56 Å². The lowest BCUT2D eigenvalue weighted by Crippen LogP contribution is -2.27. The topological polar surface area (TPSA) is 46.6 Å². The van der Waals surface area contributed by atoms with Crippen molar-refractivity contribution in [3.63, 3.8) is 0 Å². The second-order valence-corrected chi connectivity index (χ2v) is 9.18. The van der Waals surface area contributed by atoms with E-state index in [9.17, 15) is 9.59 Å². The van der Waals surface area contributed by atoms with Crippen molar-refractivity contribution in [3.8, 4) is 5.75 Å². The number of rotatable bonds is 5. The number of carbonyl (C=O) groups excluding carboxylic acids is 2. The minimum atomic E-state index is -0.511. The molecule has 3 aromatic rings. The Morgan fingerprint density at radius 3 is 2.31 bits per heavy atom. The highest BCUT2D eigenvalue weighted by Gasteiger charge is 2.36. The van der Waals surface area contributed by atoms with Gasteiger partial charge in [0, 0.05) is 29.1 Å². The van der Waals surface area contributed by atoms with Crippen LogP contribution in [0.1, 0.15) is 37.0 Å². The third-order valence-electron chi connectivity index (χ3n) is 6.22. The van der Waals surface area contributed by atoms with E-state index >= 15 is 0 Å². The van der Waals surface area contributed by atoms with Crippen molar-refractivity contribution >= 4 is 29.2 Å². The summed E-state index contributed by atoms with van der Waals surface area (Å²) in [5.41, 5.74) is 3.81. The molecule has 1 saturated heterocycles. The molecule has 3 aromatic carbocycles. The number of amides is 1. The number of aryl methyl sites for hydroxylation is 1. The summed E-state index contributed by atoms with van der Waals surface area (Å²) < 4.78 is 5.60. The largest absolute Gasteiger partial charge is 0.426 e. The first kappa shape index (κ1) is 22.1. The monoisotopic (exact) mass is 447 g/mol. The Kier molecular flexibility index (Phi) is 6.07. The van der Waals surface area contributed by atoms with Gasteiger partial charge in [-0.25, -0.2) is 0 Å². The van der Waals surface area contributed by atoms with Gasteiger partial charge in [0.15, 0.2) is 0 Å². The van der Waals surface area contributed by atoms with E-state index in [-0.39, 0.29) is 24.3 Å². The fraction of sp³-hybridized carbons (Fsp3) is 0.259. The normalized spacial score (nSPS) is 16.3. The zero-order valence-corrected chi connectivity index (χ0v) is 19.2. The Labute approximate surface area is 193 Å². The molecule has 0 bridgehead atoms. The van der Waals surface area contributed by atoms with Crippen LogP contribution in [0.15, 0.2) is 72.8 Å². The van der Waals surface area contributed by atoms with E-state index in [1.54, 1.807) is 11.0 Å². The zero-order valence-electron chi connectivity index (χ0n) is 18.5. The average Bonchev–Trinajstić information content (AvgIpc) is 3.18. The van der Waals surface area contributed by atoms with Crippen LogP contribution in [0.5, 0.6) is 5.75 Å². The Morgan fingerprint density at radius 1 is 1.00 bits per heavy atom. The van der Waals surface area contributed by atoms with E-state index < -0.39 is 11.9 Å². The molecule has 32 heavy (non-hydrogen) atoms. The summed E-state index contributed by atoms with van der Waals surface area (Å²) >= 11 is 6.20. The number of hydrogen-bond donors (Lipinski definition) is 0. The van der Waals surface area contributed by atoms with Gasteiger partial charge >= 0.3 is 5.97 Å². The van der Waals surface area contributed by atoms with Crippen LogP contribution in [0.4, 0.5) is 5.69 Å². The first-order valence-electron chi connectivity index (χ1n) is 10.7. The van der Waals surface area contributed by atoms with Crippen molar-refractivity contribution in [2.75, 3.05) is 11.4 Å². The van der Waals surface area contributed by atoms with Gasteiger partial charge < -0.3 is 9.64 Å². The van der Waals surface area contributed by atoms with Crippen molar-refractivity contribution in [3.05, 3.63) is 94.5 Å². The molecule has 1 aliphatic heterocycles. The molecule has 0 aliphatic carbocycles. The number of nitrogens with zero attached hydrogens (tertiary/aromatic N) is 1. The quantitative estimate of drug-likeness (QED) is 0.359. The molecule has 0 spiro atoms.